The largest absolute Gasteiger partial charge is 0.335 e. The molecule has 1 amide bonds. The molecule has 8 heteroatoms. The molecule has 1 saturated heterocycles. The van der Waals surface area contributed by atoms with Gasteiger partial charge in [-0.15, -0.1) is 11.3 Å². The number of carbonyl (C=O) groups excluding carboxylic acids is 1. The molecule has 1 aromatic heterocycles. The van der Waals surface area contributed by atoms with Crippen LogP contribution in [0.2, 0.25) is 5.02 Å². The van der Waals surface area contributed by atoms with Crippen molar-refractivity contribution in [3.8, 4) is 0 Å². The summed E-state index contributed by atoms with van der Waals surface area (Å²) >= 11 is 7.47. The lowest BCUT2D eigenvalue weighted by Crippen LogP contribution is -2.50. The first-order valence-electron chi connectivity index (χ1n) is 9.62. The monoisotopic (exact) mass is 438 g/mol. The fourth-order valence-electron chi connectivity index (χ4n) is 3.82. The maximum atomic E-state index is 12.9. The van der Waals surface area contributed by atoms with Crippen LogP contribution in [0.15, 0.2) is 35.2 Å². The fraction of sp³-hybridized carbons (Fsp3) is 0.450. The Morgan fingerprint density at radius 2 is 1.64 bits per heavy atom. The maximum absolute atomic E-state index is 12.9. The molecule has 1 aromatic carbocycles. The number of piperazine rings is 1. The molecule has 1 fully saturated rings. The number of aryl methyl sites for hydroxylation is 2. The fourth-order valence-corrected chi connectivity index (χ4v) is 6.59. The van der Waals surface area contributed by atoms with Crippen molar-refractivity contribution in [1.82, 2.24) is 9.21 Å². The molecule has 2 aromatic rings. The van der Waals surface area contributed by atoms with E-state index < -0.39 is 10.0 Å². The second kappa shape index (κ2) is 8.14. The van der Waals surface area contributed by atoms with Crippen molar-refractivity contribution in [2.45, 2.75) is 37.0 Å². The second-order valence-electron chi connectivity index (χ2n) is 7.27. The van der Waals surface area contributed by atoms with Gasteiger partial charge in [0.25, 0.3) is 5.91 Å². The van der Waals surface area contributed by atoms with E-state index in [-0.39, 0.29) is 10.8 Å². The normalized spacial score (nSPS) is 18.5. The molecule has 1 aliphatic carbocycles. The Labute approximate surface area is 175 Å². The first-order valence-corrected chi connectivity index (χ1v) is 12.3. The molecule has 2 heterocycles. The zero-order valence-electron chi connectivity index (χ0n) is 15.6. The van der Waals surface area contributed by atoms with Crippen molar-refractivity contribution >= 4 is 38.9 Å². The average Bonchev–Trinajstić information content (AvgIpc) is 2.98. The maximum Gasteiger partial charge on any atom is 0.264 e. The Morgan fingerprint density at radius 3 is 2.36 bits per heavy atom. The third-order valence-corrected chi connectivity index (χ3v) is 8.82. The van der Waals surface area contributed by atoms with Crippen molar-refractivity contribution < 1.29 is 13.2 Å². The van der Waals surface area contributed by atoms with Crippen molar-refractivity contribution in [3.63, 3.8) is 0 Å². The summed E-state index contributed by atoms with van der Waals surface area (Å²) in [6.07, 6.45) is 5.78. The lowest BCUT2D eigenvalue weighted by molar-refractivity contribution is 0.0702. The first-order chi connectivity index (χ1) is 13.4. The first kappa shape index (κ1) is 19.9. The van der Waals surface area contributed by atoms with Crippen LogP contribution in [0.1, 0.15) is 39.4 Å². The average molecular weight is 439 g/mol. The molecule has 0 spiro atoms. The Hall–Kier alpha value is -1.41. The van der Waals surface area contributed by atoms with Crippen LogP contribution in [0.25, 0.3) is 0 Å². The standard InChI is InChI=1S/C20H23ClN2O3S2/c21-16-6-8-17(9-7-16)28(25,26)23-12-10-22(11-13-23)20(24)19-14-15-4-2-1-3-5-18(15)27-19/h6-9,14H,1-5,10-13H2. The highest BCUT2D eigenvalue weighted by molar-refractivity contribution is 7.89. The van der Waals surface area contributed by atoms with Gasteiger partial charge in [0.15, 0.2) is 0 Å². The molecule has 0 saturated carbocycles. The highest BCUT2D eigenvalue weighted by Gasteiger charge is 2.31. The molecule has 0 N–H and O–H groups in total. The van der Waals surface area contributed by atoms with Crippen LogP contribution < -0.4 is 0 Å². The van der Waals surface area contributed by atoms with Crippen LogP contribution >= 0.6 is 22.9 Å². The van der Waals surface area contributed by atoms with E-state index in [0.29, 0.717) is 31.2 Å². The van der Waals surface area contributed by atoms with Gasteiger partial charge in [0, 0.05) is 36.1 Å². The number of amides is 1. The van der Waals surface area contributed by atoms with Gasteiger partial charge in [0.05, 0.1) is 9.77 Å². The molecular weight excluding hydrogens is 416 g/mol. The van der Waals surface area contributed by atoms with Crippen LogP contribution in [-0.4, -0.2) is 49.7 Å². The van der Waals surface area contributed by atoms with E-state index in [9.17, 15) is 13.2 Å². The van der Waals surface area contributed by atoms with E-state index in [1.54, 1.807) is 28.4 Å². The van der Waals surface area contributed by atoms with Crippen LogP contribution in [0.5, 0.6) is 0 Å². The van der Waals surface area contributed by atoms with Gasteiger partial charge in [-0.2, -0.15) is 4.31 Å². The number of sulfonamides is 1. The van der Waals surface area contributed by atoms with E-state index in [2.05, 4.69) is 6.07 Å². The van der Waals surface area contributed by atoms with Gasteiger partial charge in [-0.3, -0.25) is 4.79 Å². The molecule has 28 heavy (non-hydrogen) atoms. The number of halogens is 1. The predicted molar refractivity (Wildman–Crippen MR) is 112 cm³/mol. The number of nitrogens with zero attached hydrogens (tertiary/aromatic N) is 2. The summed E-state index contributed by atoms with van der Waals surface area (Å²) in [5.74, 6) is 0.0293. The smallest absolute Gasteiger partial charge is 0.264 e. The highest BCUT2D eigenvalue weighted by atomic mass is 35.5. The molecule has 1 aliphatic heterocycles. The van der Waals surface area contributed by atoms with Gasteiger partial charge in [-0.25, -0.2) is 8.42 Å². The summed E-state index contributed by atoms with van der Waals surface area (Å²) in [5, 5.41) is 0.503. The van der Waals surface area contributed by atoms with Crippen LogP contribution in [0.3, 0.4) is 0 Å². The molecule has 150 valence electrons. The predicted octanol–water partition coefficient (Wildman–Crippen LogP) is 3.82. The molecule has 0 radical (unpaired) electrons. The zero-order valence-corrected chi connectivity index (χ0v) is 18.0. The molecule has 0 atom stereocenters. The van der Waals surface area contributed by atoms with E-state index >= 15 is 0 Å². The zero-order chi connectivity index (χ0) is 19.7. The number of fused-ring (bicyclic) bond motifs is 1. The minimum absolute atomic E-state index is 0.0293. The minimum Gasteiger partial charge on any atom is -0.335 e. The van der Waals surface area contributed by atoms with Gasteiger partial charge in [0.1, 0.15) is 0 Å². The van der Waals surface area contributed by atoms with E-state index in [0.717, 1.165) is 17.7 Å². The minimum atomic E-state index is -3.56. The summed E-state index contributed by atoms with van der Waals surface area (Å²) in [4.78, 5) is 17.1. The van der Waals surface area contributed by atoms with Gasteiger partial charge in [-0.1, -0.05) is 18.0 Å². The van der Waals surface area contributed by atoms with Crippen molar-refractivity contribution in [2.75, 3.05) is 26.2 Å². The molecule has 4 rings (SSSR count). The summed E-state index contributed by atoms with van der Waals surface area (Å²) < 4.78 is 27.0. The Bertz CT molecular complexity index is 938. The van der Waals surface area contributed by atoms with Gasteiger partial charge >= 0.3 is 0 Å². The van der Waals surface area contributed by atoms with E-state index in [1.165, 1.54) is 46.1 Å². The lowest BCUT2D eigenvalue weighted by Gasteiger charge is -2.33. The second-order valence-corrected chi connectivity index (χ2v) is 10.8. The molecule has 2 aliphatic rings. The molecular formula is C20H23ClN2O3S2. The van der Waals surface area contributed by atoms with E-state index in [4.69, 9.17) is 11.6 Å². The van der Waals surface area contributed by atoms with Crippen LogP contribution in [0.4, 0.5) is 0 Å². The van der Waals surface area contributed by atoms with Gasteiger partial charge in [-0.05, 0) is 61.6 Å². The third-order valence-electron chi connectivity index (χ3n) is 5.43. The molecule has 0 bridgehead atoms. The quantitative estimate of drug-likeness (QED) is 0.684. The SMILES string of the molecule is O=C(c1cc2c(s1)CCCCC2)N1CCN(S(=O)(=O)c2ccc(Cl)cc2)CC1. The molecule has 5 nitrogen and oxygen atoms in total. The third kappa shape index (κ3) is 3.99. The number of hydrogen-bond acceptors (Lipinski definition) is 4. The summed E-state index contributed by atoms with van der Waals surface area (Å²) in [7, 11) is -3.56. The Kier molecular flexibility index (Phi) is 5.78. The summed E-state index contributed by atoms with van der Waals surface area (Å²) in [6.45, 7) is 1.44. The Balaban J connectivity index is 1.42. The van der Waals surface area contributed by atoms with Crippen molar-refractivity contribution in [3.05, 3.63) is 50.7 Å². The summed E-state index contributed by atoms with van der Waals surface area (Å²) in [5.41, 5.74) is 1.33. The van der Waals surface area contributed by atoms with Gasteiger partial charge < -0.3 is 4.90 Å². The van der Waals surface area contributed by atoms with Crippen LogP contribution in [0, 0.1) is 0 Å². The van der Waals surface area contributed by atoms with E-state index in [1.807, 2.05) is 0 Å². The number of hydrogen-bond donors (Lipinski definition) is 0. The molecule has 0 unspecified atom stereocenters. The van der Waals surface area contributed by atoms with Crippen molar-refractivity contribution in [2.24, 2.45) is 0 Å². The number of rotatable bonds is 3. The number of benzene rings is 1. The highest BCUT2D eigenvalue weighted by Crippen LogP contribution is 2.30. The Morgan fingerprint density at radius 1 is 0.964 bits per heavy atom. The van der Waals surface area contributed by atoms with Gasteiger partial charge in [0.2, 0.25) is 10.0 Å². The number of carbonyl (C=O) groups is 1. The topological polar surface area (TPSA) is 57.7 Å². The number of thiophene rings is 1. The van der Waals surface area contributed by atoms with Crippen molar-refractivity contribution in [1.29, 1.82) is 0 Å². The summed E-state index contributed by atoms with van der Waals surface area (Å²) in [6, 6.07) is 8.26. The van der Waals surface area contributed by atoms with Crippen LogP contribution in [-0.2, 0) is 22.9 Å². The lowest BCUT2D eigenvalue weighted by atomic mass is 10.1.